The molecule has 0 unspecified atom stereocenters. The second-order valence-electron chi connectivity index (χ2n) is 5.77. The van der Waals surface area contributed by atoms with Crippen LogP contribution >= 0.6 is 0 Å². The van der Waals surface area contributed by atoms with Gasteiger partial charge in [0.05, 0.1) is 0 Å². The fourth-order valence-electron chi connectivity index (χ4n) is 2.96. The van der Waals surface area contributed by atoms with E-state index in [1.807, 2.05) is 25.1 Å². The SMILES string of the molecule is CCCCC(=O)C(=O)O[C@@H]1CCCC[C@H]1c1ccccc1. The molecule has 3 heteroatoms. The first-order valence-corrected chi connectivity index (χ1v) is 8.01. The van der Waals surface area contributed by atoms with Crippen molar-refractivity contribution in [3.05, 3.63) is 35.9 Å². The third kappa shape index (κ3) is 4.42. The predicted octanol–water partition coefficient (Wildman–Crippen LogP) is 4.02. The summed E-state index contributed by atoms with van der Waals surface area (Å²) >= 11 is 0. The largest absolute Gasteiger partial charge is 0.456 e. The predicted molar refractivity (Wildman–Crippen MR) is 82.1 cm³/mol. The van der Waals surface area contributed by atoms with Crippen molar-refractivity contribution in [2.24, 2.45) is 0 Å². The standard InChI is InChI=1S/C18H24O3/c1-2-3-12-16(19)18(20)21-17-13-8-7-11-15(17)14-9-5-4-6-10-14/h4-6,9-10,15,17H,2-3,7-8,11-13H2,1H3/t15-,17+/m0/s1. The van der Waals surface area contributed by atoms with Gasteiger partial charge in [0.1, 0.15) is 6.10 Å². The molecule has 1 aromatic rings. The number of benzene rings is 1. The van der Waals surface area contributed by atoms with E-state index in [4.69, 9.17) is 4.74 Å². The first kappa shape index (κ1) is 15.7. The summed E-state index contributed by atoms with van der Waals surface area (Å²) in [5, 5.41) is 0. The zero-order chi connectivity index (χ0) is 15.1. The number of ketones is 1. The van der Waals surface area contributed by atoms with Crippen molar-refractivity contribution < 1.29 is 14.3 Å². The molecule has 0 aromatic heterocycles. The number of ether oxygens (including phenoxy) is 1. The molecule has 114 valence electrons. The minimum absolute atomic E-state index is 0.153. The molecule has 1 aliphatic carbocycles. The van der Waals surface area contributed by atoms with Crippen LogP contribution in [0.5, 0.6) is 0 Å². The Morgan fingerprint density at radius 3 is 2.57 bits per heavy atom. The number of hydrogen-bond donors (Lipinski definition) is 0. The van der Waals surface area contributed by atoms with Crippen LogP contribution in [0.3, 0.4) is 0 Å². The lowest BCUT2D eigenvalue weighted by atomic mass is 9.81. The van der Waals surface area contributed by atoms with Gasteiger partial charge in [0, 0.05) is 12.3 Å². The topological polar surface area (TPSA) is 43.4 Å². The summed E-state index contributed by atoms with van der Waals surface area (Å²) in [6.07, 6.45) is 5.90. The molecule has 0 radical (unpaired) electrons. The maximum Gasteiger partial charge on any atom is 0.374 e. The van der Waals surface area contributed by atoms with E-state index in [0.717, 1.165) is 38.5 Å². The number of Topliss-reactive ketones (excluding diaryl/α,β-unsaturated/α-hetero) is 1. The van der Waals surface area contributed by atoms with Crippen molar-refractivity contribution >= 4 is 11.8 Å². The minimum Gasteiger partial charge on any atom is -0.456 e. The normalized spacial score (nSPS) is 21.8. The van der Waals surface area contributed by atoms with Gasteiger partial charge in [-0.1, -0.05) is 50.1 Å². The molecule has 1 aliphatic rings. The Balaban J connectivity index is 1.99. The van der Waals surface area contributed by atoms with E-state index in [2.05, 4.69) is 12.1 Å². The Bertz CT molecular complexity index is 467. The molecule has 1 fully saturated rings. The number of esters is 1. The van der Waals surface area contributed by atoms with Gasteiger partial charge in [-0.2, -0.15) is 0 Å². The molecule has 0 aliphatic heterocycles. The van der Waals surface area contributed by atoms with Crippen LogP contribution in [0, 0.1) is 0 Å². The van der Waals surface area contributed by atoms with Crippen LogP contribution in [0.1, 0.15) is 63.4 Å². The number of carbonyl (C=O) groups is 2. The van der Waals surface area contributed by atoms with Crippen LogP contribution in [0.4, 0.5) is 0 Å². The van der Waals surface area contributed by atoms with Gasteiger partial charge in [0.15, 0.2) is 0 Å². The van der Waals surface area contributed by atoms with Crippen molar-refractivity contribution in [1.82, 2.24) is 0 Å². The summed E-state index contributed by atoms with van der Waals surface area (Å²) in [6.45, 7) is 2.01. The van der Waals surface area contributed by atoms with Crippen molar-refractivity contribution in [2.45, 2.75) is 63.9 Å². The van der Waals surface area contributed by atoms with Gasteiger partial charge in [-0.05, 0) is 31.2 Å². The van der Waals surface area contributed by atoms with E-state index >= 15 is 0 Å². The average molecular weight is 288 g/mol. The van der Waals surface area contributed by atoms with Crippen molar-refractivity contribution in [3.63, 3.8) is 0 Å². The lowest BCUT2D eigenvalue weighted by Gasteiger charge is -2.31. The summed E-state index contributed by atoms with van der Waals surface area (Å²) in [7, 11) is 0. The Morgan fingerprint density at radius 2 is 1.86 bits per heavy atom. The lowest BCUT2D eigenvalue weighted by Crippen LogP contribution is -2.31. The van der Waals surface area contributed by atoms with Gasteiger partial charge >= 0.3 is 5.97 Å². The molecule has 0 heterocycles. The summed E-state index contributed by atoms with van der Waals surface area (Å²) < 4.78 is 5.53. The van der Waals surface area contributed by atoms with Crippen LogP contribution in [0.2, 0.25) is 0 Å². The Hall–Kier alpha value is -1.64. The van der Waals surface area contributed by atoms with Crippen molar-refractivity contribution in [1.29, 1.82) is 0 Å². The van der Waals surface area contributed by atoms with Crippen molar-refractivity contribution in [2.75, 3.05) is 0 Å². The Kier molecular flexibility index (Phi) is 5.97. The zero-order valence-electron chi connectivity index (χ0n) is 12.7. The zero-order valence-corrected chi connectivity index (χ0v) is 12.7. The molecule has 2 rings (SSSR count). The summed E-state index contributed by atoms with van der Waals surface area (Å²) in [6, 6.07) is 10.2. The highest BCUT2D eigenvalue weighted by atomic mass is 16.5. The van der Waals surface area contributed by atoms with Crippen LogP contribution < -0.4 is 0 Å². The highest BCUT2D eigenvalue weighted by Crippen LogP contribution is 2.35. The molecule has 2 atom stereocenters. The molecule has 0 bridgehead atoms. The Labute approximate surface area is 126 Å². The van der Waals surface area contributed by atoms with Gasteiger partial charge in [-0.25, -0.2) is 4.79 Å². The molecule has 21 heavy (non-hydrogen) atoms. The third-order valence-corrected chi connectivity index (χ3v) is 4.17. The van der Waals surface area contributed by atoms with E-state index in [1.165, 1.54) is 5.56 Å². The van der Waals surface area contributed by atoms with E-state index in [-0.39, 0.29) is 17.8 Å². The summed E-state index contributed by atoms with van der Waals surface area (Å²) in [5.74, 6) is -0.798. The van der Waals surface area contributed by atoms with E-state index in [9.17, 15) is 9.59 Å². The molecule has 1 saturated carbocycles. The fourth-order valence-corrected chi connectivity index (χ4v) is 2.96. The van der Waals surface area contributed by atoms with Crippen LogP contribution in [-0.4, -0.2) is 17.9 Å². The van der Waals surface area contributed by atoms with Gasteiger partial charge in [0.2, 0.25) is 5.78 Å². The molecule has 0 spiro atoms. The molecule has 0 saturated heterocycles. The average Bonchev–Trinajstić information content (AvgIpc) is 2.54. The van der Waals surface area contributed by atoms with Gasteiger partial charge < -0.3 is 4.74 Å². The maximum absolute atomic E-state index is 11.9. The lowest BCUT2D eigenvalue weighted by molar-refractivity contribution is -0.160. The number of rotatable bonds is 6. The van der Waals surface area contributed by atoms with Gasteiger partial charge in [-0.3, -0.25) is 4.79 Å². The van der Waals surface area contributed by atoms with Gasteiger partial charge in [-0.15, -0.1) is 0 Å². The molecule has 0 N–H and O–H groups in total. The number of unbranched alkanes of at least 4 members (excludes halogenated alkanes) is 1. The fraction of sp³-hybridized carbons (Fsp3) is 0.556. The van der Waals surface area contributed by atoms with Crippen LogP contribution in [0.25, 0.3) is 0 Å². The van der Waals surface area contributed by atoms with E-state index in [0.29, 0.717) is 6.42 Å². The second kappa shape index (κ2) is 7.96. The highest BCUT2D eigenvalue weighted by molar-refractivity contribution is 6.33. The third-order valence-electron chi connectivity index (χ3n) is 4.17. The highest BCUT2D eigenvalue weighted by Gasteiger charge is 2.31. The van der Waals surface area contributed by atoms with E-state index in [1.54, 1.807) is 0 Å². The molecular weight excluding hydrogens is 264 g/mol. The second-order valence-corrected chi connectivity index (χ2v) is 5.77. The van der Waals surface area contributed by atoms with Gasteiger partial charge in [0.25, 0.3) is 0 Å². The first-order chi connectivity index (χ1) is 10.2. The summed E-state index contributed by atoms with van der Waals surface area (Å²) in [5.41, 5.74) is 1.20. The summed E-state index contributed by atoms with van der Waals surface area (Å²) in [4.78, 5) is 23.7. The molecule has 1 aromatic carbocycles. The van der Waals surface area contributed by atoms with E-state index < -0.39 is 5.97 Å². The molecular formula is C18H24O3. The number of carbonyl (C=O) groups excluding carboxylic acids is 2. The maximum atomic E-state index is 11.9. The van der Waals surface area contributed by atoms with Crippen LogP contribution in [0.15, 0.2) is 30.3 Å². The van der Waals surface area contributed by atoms with Crippen molar-refractivity contribution in [3.8, 4) is 0 Å². The molecule has 0 amide bonds. The minimum atomic E-state index is -0.642. The number of hydrogen-bond acceptors (Lipinski definition) is 3. The quantitative estimate of drug-likeness (QED) is 0.586. The molecule has 3 nitrogen and oxygen atoms in total. The Morgan fingerprint density at radius 1 is 1.14 bits per heavy atom. The monoisotopic (exact) mass is 288 g/mol. The smallest absolute Gasteiger partial charge is 0.374 e. The van der Waals surface area contributed by atoms with Crippen LogP contribution in [-0.2, 0) is 14.3 Å². The first-order valence-electron chi connectivity index (χ1n) is 8.01.